The Hall–Kier alpha value is -1.52. The van der Waals surface area contributed by atoms with Crippen LogP contribution < -0.4 is 10.2 Å². The number of nitrogens with zero attached hydrogens (tertiary/aromatic N) is 2. The summed E-state index contributed by atoms with van der Waals surface area (Å²) in [6.45, 7) is 4.89. The fraction of sp³-hybridized carbons (Fsp3) is 0.429. The summed E-state index contributed by atoms with van der Waals surface area (Å²) in [5.74, 6) is 0. The van der Waals surface area contributed by atoms with E-state index in [1.165, 1.54) is 16.6 Å². The predicted octanol–water partition coefficient (Wildman–Crippen LogP) is 1.65. The van der Waals surface area contributed by atoms with Crippen LogP contribution in [0, 0.1) is 0 Å². The molecule has 0 aliphatic carbocycles. The van der Waals surface area contributed by atoms with Gasteiger partial charge in [0.2, 0.25) is 0 Å². The van der Waals surface area contributed by atoms with Gasteiger partial charge in [-0.3, -0.25) is 0 Å². The minimum Gasteiger partial charge on any atom is -0.368 e. The van der Waals surface area contributed by atoms with Crippen molar-refractivity contribution in [3.8, 4) is 0 Å². The van der Waals surface area contributed by atoms with Gasteiger partial charge >= 0.3 is 0 Å². The maximum atomic E-state index is 5.22. The zero-order valence-corrected chi connectivity index (χ0v) is 10.7. The molecule has 0 amide bonds. The molecule has 96 valence electrons. The summed E-state index contributed by atoms with van der Waals surface area (Å²) in [6.07, 6.45) is 2.10. The Morgan fingerprint density at radius 3 is 2.83 bits per heavy atom. The topological polar surface area (TPSA) is 29.4 Å². The van der Waals surface area contributed by atoms with E-state index >= 15 is 0 Å². The molecule has 3 rings (SSSR count). The van der Waals surface area contributed by atoms with Gasteiger partial charge in [-0.2, -0.15) is 0 Å². The first-order valence-corrected chi connectivity index (χ1v) is 6.42. The highest BCUT2D eigenvalue weighted by molar-refractivity contribution is 5.93. The minimum atomic E-state index is 0.606. The number of methoxy groups -OCH3 is 1. The number of hydrogen-bond acceptors (Lipinski definition) is 3. The molecule has 1 aromatic heterocycles. The average molecular weight is 245 g/mol. The van der Waals surface area contributed by atoms with Gasteiger partial charge in [0, 0.05) is 50.6 Å². The smallest absolute Gasteiger partial charge is 0.122 e. The van der Waals surface area contributed by atoms with Crippen LogP contribution in [0.4, 0.5) is 5.69 Å². The highest BCUT2D eigenvalue weighted by Crippen LogP contribution is 2.28. The second kappa shape index (κ2) is 5.00. The van der Waals surface area contributed by atoms with Crippen molar-refractivity contribution in [3.63, 3.8) is 0 Å². The van der Waals surface area contributed by atoms with E-state index in [0.717, 1.165) is 26.2 Å². The van der Waals surface area contributed by atoms with Crippen molar-refractivity contribution in [2.24, 2.45) is 0 Å². The molecule has 1 N–H and O–H groups in total. The molecule has 2 aromatic rings. The van der Waals surface area contributed by atoms with Gasteiger partial charge in [-0.25, -0.2) is 0 Å². The average Bonchev–Trinajstić information content (AvgIpc) is 2.84. The molecule has 18 heavy (non-hydrogen) atoms. The van der Waals surface area contributed by atoms with E-state index in [9.17, 15) is 0 Å². The number of nitrogens with one attached hydrogen (secondary N) is 1. The van der Waals surface area contributed by atoms with Gasteiger partial charge in [-0.05, 0) is 18.2 Å². The molecule has 1 aliphatic rings. The fourth-order valence-electron chi connectivity index (χ4n) is 2.64. The highest BCUT2D eigenvalue weighted by atomic mass is 16.5. The first-order valence-electron chi connectivity index (χ1n) is 6.42. The van der Waals surface area contributed by atoms with E-state index in [4.69, 9.17) is 4.74 Å². The lowest BCUT2D eigenvalue weighted by Gasteiger charge is -2.30. The SMILES string of the molecule is COCn1ccc2c(N3CCNCC3)cccc21. The van der Waals surface area contributed by atoms with Gasteiger partial charge in [0.15, 0.2) is 0 Å². The number of piperazine rings is 1. The van der Waals surface area contributed by atoms with Crippen LogP contribution in [0.2, 0.25) is 0 Å². The molecular weight excluding hydrogens is 226 g/mol. The lowest BCUT2D eigenvalue weighted by Crippen LogP contribution is -2.43. The molecule has 0 saturated carbocycles. The van der Waals surface area contributed by atoms with Gasteiger partial charge in [0.25, 0.3) is 0 Å². The molecule has 0 spiro atoms. The van der Waals surface area contributed by atoms with Gasteiger partial charge in [0.1, 0.15) is 6.73 Å². The Balaban J connectivity index is 2.01. The van der Waals surface area contributed by atoms with Crippen molar-refractivity contribution < 1.29 is 4.74 Å². The molecule has 1 aliphatic heterocycles. The molecule has 0 unspecified atom stereocenters. The zero-order valence-electron chi connectivity index (χ0n) is 10.7. The second-order valence-electron chi connectivity index (χ2n) is 4.65. The van der Waals surface area contributed by atoms with Crippen molar-refractivity contribution in [1.82, 2.24) is 9.88 Å². The molecule has 0 bridgehead atoms. The first kappa shape index (κ1) is 11.6. The molecule has 4 heteroatoms. The van der Waals surface area contributed by atoms with Crippen molar-refractivity contribution >= 4 is 16.6 Å². The van der Waals surface area contributed by atoms with Crippen molar-refractivity contribution in [3.05, 3.63) is 30.5 Å². The zero-order chi connectivity index (χ0) is 12.4. The summed E-state index contributed by atoms with van der Waals surface area (Å²) in [6, 6.07) is 8.68. The van der Waals surface area contributed by atoms with Crippen LogP contribution in [0.1, 0.15) is 0 Å². The second-order valence-corrected chi connectivity index (χ2v) is 4.65. The molecular formula is C14H19N3O. The molecule has 0 atom stereocenters. The standard InChI is InChI=1S/C14H19N3O/c1-18-11-17-8-5-12-13(3-2-4-14(12)17)16-9-6-15-7-10-16/h2-5,8,15H,6-7,9-11H2,1H3. The number of benzene rings is 1. The Morgan fingerprint density at radius 1 is 1.22 bits per heavy atom. The largest absolute Gasteiger partial charge is 0.368 e. The van der Waals surface area contributed by atoms with Crippen LogP contribution in [0.3, 0.4) is 0 Å². The monoisotopic (exact) mass is 245 g/mol. The Morgan fingerprint density at radius 2 is 2.06 bits per heavy atom. The molecule has 4 nitrogen and oxygen atoms in total. The van der Waals surface area contributed by atoms with Crippen LogP contribution in [-0.4, -0.2) is 37.9 Å². The van der Waals surface area contributed by atoms with E-state index in [2.05, 4.69) is 45.2 Å². The summed E-state index contributed by atoms with van der Waals surface area (Å²) in [5.41, 5.74) is 2.58. The van der Waals surface area contributed by atoms with E-state index in [1.54, 1.807) is 7.11 Å². The summed E-state index contributed by atoms with van der Waals surface area (Å²) in [7, 11) is 1.73. The van der Waals surface area contributed by atoms with Crippen molar-refractivity contribution in [2.45, 2.75) is 6.73 Å². The maximum absolute atomic E-state index is 5.22. The number of aromatic nitrogens is 1. The third kappa shape index (κ3) is 1.98. The number of ether oxygens (including phenoxy) is 1. The van der Waals surface area contributed by atoms with Gasteiger partial charge in [-0.1, -0.05) is 6.07 Å². The van der Waals surface area contributed by atoms with Crippen LogP contribution in [0.5, 0.6) is 0 Å². The normalized spacial score (nSPS) is 16.4. The van der Waals surface area contributed by atoms with Gasteiger partial charge < -0.3 is 19.5 Å². The Bertz CT molecular complexity index is 529. The van der Waals surface area contributed by atoms with Crippen LogP contribution in [0.25, 0.3) is 10.9 Å². The summed E-state index contributed by atoms with van der Waals surface area (Å²) < 4.78 is 7.36. The van der Waals surface area contributed by atoms with Crippen LogP contribution >= 0.6 is 0 Å². The lowest BCUT2D eigenvalue weighted by atomic mass is 10.2. The third-order valence-electron chi connectivity index (χ3n) is 3.52. The van der Waals surface area contributed by atoms with Crippen molar-refractivity contribution in [1.29, 1.82) is 0 Å². The molecule has 2 heterocycles. The molecule has 1 fully saturated rings. The van der Waals surface area contributed by atoms with E-state index in [-0.39, 0.29) is 0 Å². The summed E-state index contributed by atoms with van der Waals surface area (Å²) >= 11 is 0. The Labute approximate surface area is 107 Å². The van der Waals surface area contributed by atoms with Gasteiger partial charge in [-0.15, -0.1) is 0 Å². The third-order valence-corrected chi connectivity index (χ3v) is 3.52. The van der Waals surface area contributed by atoms with E-state index in [0.29, 0.717) is 6.73 Å². The number of fused-ring (bicyclic) bond motifs is 1. The molecule has 1 saturated heterocycles. The summed E-state index contributed by atoms with van der Waals surface area (Å²) in [5, 5.41) is 4.71. The van der Waals surface area contributed by atoms with Crippen LogP contribution in [-0.2, 0) is 11.5 Å². The minimum absolute atomic E-state index is 0.606. The summed E-state index contributed by atoms with van der Waals surface area (Å²) in [4.78, 5) is 2.45. The van der Waals surface area contributed by atoms with Gasteiger partial charge in [0.05, 0.1) is 5.52 Å². The van der Waals surface area contributed by atoms with Crippen LogP contribution in [0.15, 0.2) is 30.5 Å². The Kier molecular flexibility index (Phi) is 3.21. The van der Waals surface area contributed by atoms with Crippen molar-refractivity contribution in [2.75, 3.05) is 38.2 Å². The van der Waals surface area contributed by atoms with E-state index < -0.39 is 0 Å². The first-order chi connectivity index (χ1) is 8.90. The highest BCUT2D eigenvalue weighted by Gasteiger charge is 2.14. The number of rotatable bonds is 3. The lowest BCUT2D eigenvalue weighted by molar-refractivity contribution is 0.135. The maximum Gasteiger partial charge on any atom is 0.122 e. The van der Waals surface area contributed by atoms with E-state index in [1.807, 2.05) is 0 Å². The predicted molar refractivity (Wildman–Crippen MR) is 74.0 cm³/mol. The quantitative estimate of drug-likeness (QED) is 0.891. The number of anilines is 1. The number of hydrogen-bond donors (Lipinski definition) is 1. The molecule has 1 aromatic carbocycles. The fourth-order valence-corrected chi connectivity index (χ4v) is 2.64. The molecule has 0 radical (unpaired) electrons.